The van der Waals surface area contributed by atoms with Crippen molar-refractivity contribution in [3.8, 4) is 0 Å². The van der Waals surface area contributed by atoms with Crippen LogP contribution in [0, 0.1) is 0 Å². The van der Waals surface area contributed by atoms with Gasteiger partial charge in [-0.2, -0.15) is 0 Å². The van der Waals surface area contributed by atoms with Crippen LogP contribution in [-0.4, -0.2) is 19.2 Å². The fraction of sp³-hybridized carbons (Fsp3) is 0.417. The molecule has 0 radical (unpaired) electrons. The van der Waals surface area contributed by atoms with Crippen LogP contribution in [0.25, 0.3) is 0 Å². The normalized spacial score (nSPS) is 10.4. The van der Waals surface area contributed by atoms with Crippen LogP contribution in [0.15, 0.2) is 35.6 Å². The van der Waals surface area contributed by atoms with Gasteiger partial charge in [-0.05, 0) is 0 Å². The summed E-state index contributed by atoms with van der Waals surface area (Å²) in [6, 6.07) is 0. The zero-order valence-electron chi connectivity index (χ0n) is 10.2. The molecule has 99 valence electrons. The van der Waals surface area contributed by atoms with E-state index in [4.69, 9.17) is 9.47 Å². The summed E-state index contributed by atoms with van der Waals surface area (Å²) in [4.78, 5) is 11.2. The summed E-state index contributed by atoms with van der Waals surface area (Å²) in [5.41, 5.74) is 0.656. The maximum atomic E-state index is 11.3. The van der Waals surface area contributed by atoms with Crippen molar-refractivity contribution in [3.63, 3.8) is 0 Å². The Morgan fingerprint density at radius 3 is 2.24 bits per heavy atom. The predicted octanol–water partition coefficient (Wildman–Crippen LogP) is 2.55. The fourth-order valence-electron chi connectivity index (χ4n) is 0.663. The monoisotopic (exact) mass is 285 g/mol. The van der Waals surface area contributed by atoms with E-state index < -0.39 is 19.6 Å². The van der Waals surface area contributed by atoms with Gasteiger partial charge in [-0.25, -0.2) is 0 Å². The van der Waals surface area contributed by atoms with Crippen molar-refractivity contribution in [2.75, 3.05) is 13.2 Å². The van der Waals surface area contributed by atoms with Crippen molar-refractivity contribution in [2.24, 2.45) is 0 Å². The van der Waals surface area contributed by atoms with Crippen LogP contribution in [0.4, 0.5) is 0 Å². The molecule has 0 rings (SSSR count). The molecular weight excluding hydrogens is 267 g/mol. The topological polar surface area (TPSA) is 52.6 Å². The molecule has 0 saturated carbocycles. The summed E-state index contributed by atoms with van der Waals surface area (Å²) >= 11 is -1.47. The molecule has 0 N–H and O–H groups in total. The van der Waals surface area contributed by atoms with E-state index in [9.17, 15) is 8.66 Å². The third-order valence-corrected chi connectivity index (χ3v) is 3.32. The molecule has 0 amide bonds. The average molecular weight is 285 g/mol. The molecule has 0 saturated heterocycles. The molecule has 0 aromatic rings. The van der Waals surface area contributed by atoms with Crippen LogP contribution in [0.3, 0.4) is 0 Å². The SMILES string of the molecule is C=C(C)C(=C)OCC(=O)OC[CH2][Co](=[O])[C](=C)C. The molecule has 0 unspecified atom stereocenters. The Labute approximate surface area is 106 Å². The van der Waals surface area contributed by atoms with E-state index in [0.717, 1.165) is 0 Å². The number of hydrogen-bond acceptors (Lipinski definition) is 4. The zero-order valence-corrected chi connectivity index (χ0v) is 11.3. The Bertz CT molecular complexity index is 358. The second-order valence-electron chi connectivity index (χ2n) is 3.30. The van der Waals surface area contributed by atoms with Crippen LogP contribution in [0.2, 0.25) is 5.36 Å². The Morgan fingerprint density at radius 2 is 1.76 bits per heavy atom. The summed E-state index contributed by atoms with van der Waals surface area (Å²) in [6.07, 6.45) is 0. The van der Waals surface area contributed by atoms with Crippen LogP contribution < -0.4 is 0 Å². The van der Waals surface area contributed by atoms with Crippen LogP contribution in [0.5, 0.6) is 0 Å². The summed E-state index contributed by atoms with van der Waals surface area (Å²) in [5.74, 6) is -0.160. The van der Waals surface area contributed by atoms with Gasteiger partial charge in [-0.3, -0.25) is 0 Å². The first-order valence-electron chi connectivity index (χ1n) is 4.89. The molecule has 0 aliphatic heterocycles. The molecule has 0 bridgehead atoms. The van der Waals surface area contributed by atoms with E-state index in [-0.39, 0.29) is 18.6 Å². The number of rotatable bonds is 8. The number of carbonyl (C=O) groups is 1. The van der Waals surface area contributed by atoms with Gasteiger partial charge in [-0.15, -0.1) is 0 Å². The molecule has 0 fully saturated rings. The van der Waals surface area contributed by atoms with Crippen molar-refractivity contribution < 1.29 is 31.7 Å². The molecule has 0 aromatic carbocycles. The Balaban J connectivity index is 3.74. The predicted molar refractivity (Wildman–Crippen MR) is 61.2 cm³/mol. The van der Waals surface area contributed by atoms with Crippen molar-refractivity contribution in [1.82, 2.24) is 0 Å². The fourth-order valence-corrected chi connectivity index (χ4v) is 1.41. The molecular formula is C12H18CoO4. The van der Waals surface area contributed by atoms with E-state index in [2.05, 4.69) is 19.7 Å². The molecule has 17 heavy (non-hydrogen) atoms. The van der Waals surface area contributed by atoms with Crippen molar-refractivity contribution in [1.29, 1.82) is 0 Å². The van der Waals surface area contributed by atoms with Gasteiger partial charge < -0.3 is 0 Å². The van der Waals surface area contributed by atoms with Gasteiger partial charge in [0.1, 0.15) is 0 Å². The van der Waals surface area contributed by atoms with Crippen molar-refractivity contribution in [3.05, 3.63) is 35.6 Å². The van der Waals surface area contributed by atoms with Gasteiger partial charge in [0, 0.05) is 0 Å². The third-order valence-electron chi connectivity index (χ3n) is 1.64. The second-order valence-corrected chi connectivity index (χ2v) is 5.59. The quantitative estimate of drug-likeness (QED) is 0.391. The van der Waals surface area contributed by atoms with E-state index in [1.807, 2.05) is 0 Å². The first kappa shape index (κ1) is 15.8. The molecule has 4 nitrogen and oxygen atoms in total. The van der Waals surface area contributed by atoms with Gasteiger partial charge in [-0.1, -0.05) is 0 Å². The third kappa shape index (κ3) is 7.65. The van der Waals surface area contributed by atoms with Crippen LogP contribution >= 0.6 is 0 Å². The number of esters is 1. The molecule has 0 atom stereocenters. The summed E-state index contributed by atoms with van der Waals surface area (Å²) in [6.45, 7) is 14.0. The number of hydrogen-bond donors (Lipinski definition) is 0. The second kappa shape index (κ2) is 7.97. The van der Waals surface area contributed by atoms with E-state index in [1.54, 1.807) is 13.8 Å². The molecule has 0 aliphatic rings. The van der Waals surface area contributed by atoms with Gasteiger partial charge in [0.15, 0.2) is 0 Å². The molecule has 0 aromatic heterocycles. The standard InChI is InChI=1S/C9H13O3.C3H5.Co.O/c1-5-11-9(10)6-12-8(4)7(2)3;1-3-2;;/h1-2,4-6H2,3H3;1H2,2H3;;. The van der Waals surface area contributed by atoms with Gasteiger partial charge in [0.2, 0.25) is 0 Å². The minimum absolute atomic E-state index is 0.1000. The van der Waals surface area contributed by atoms with E-state index in [1.165, 1.54) is 0 Å². The summed E-state index contributed by atoms with van der Waals surface area (Å²) in [5, 5.41) is 0.287. The van der Waals surface area contributed by atoms with Crippen molar-refractivity contribution >= 4 is 5.97 Å². The van der Waals surface area contributed by atoms with Gasteiger partial charge >= 0.3 is 106 Å². The first-order valence-corrected chi connectivity index (χ1v) is 6.57. The van der Waals surface area contributed by atoms with Crippen LogP contribution in [-0.2, 0) is 31.7 Å². The number of allylic oxidation sites excluding steroid dienone is 2. The Hall–Kier alpha value is -1.20. The molecule has 0 spiro atoms. The molecule has 0 aliphatic carbocycles. The minimum atomic E-state index is -1.47. The maximum absolute atomic E-state index is 11.3. The number of ether oxygens (including phenoxy) is 2. The Morgan fingerprint density at radius 1 is 1.18 bits per heavy atom. The number of carbonyl (C=O) groups excluding carboxylic acids is 1. The van der Waals surface area contributed by atoms with E-state index >= 15 is 0 Å². The summed E-state index contributed by atoms with van der Waals surface area (Å²) in [7, 11) is 0. The Kier molecular flexibility index (Phi) is 7.41. The first-order chi connectivity index (χ1) is 7.84. The van der Waals surface area contributed by atoms with Gasteiger partial charge in [0.25, 0.3) is 0 Å². The van der Waals surface area contributed by atoms with Crippen LogP contribution in [0.1, 0.15) is 13.8 Å². The zero-order chi connectivity index (χ0) is 13.4. The van der Waals surface area contributed by atoms with Gasteiger partial charge in [0.05, 0.1) is 0 Å². The average Bonchev–Trinajstić information content (AvgIpc) is 2.25. The van der Waals surface area contributed by atoms with E-state index in [0.29, 0.717) is 15.8 Å². The molecule has 0 heterocycles. The van der Waals surface area contributed by atoms with Crippen molar-refractivity contribution in [2.45, 2.75) is 19.2 Å². The molecule has 5 heteroatoms. The summed E-state index contributed by atoms with van der Waals surface area (Å²) < 4.78 is 21.7.